The zero-order valence-electron chi connectivity index (χ0n) is 46.1. The first-order valence-corrected chi connectivity index (χ1v) is 30.2. The molecule has 2 aromatic carbocycles. The number of nitrogens with zero attached hydrogens (tertiary/aromatic N) is 2. The summed E-state index contributed by atoms with van der Waals surface area (Å²) in [6.45, 7) is 6.11. The standard InChI is InChI=1S/C68H94N4O2/c1-3-5-7-9-11-13-15-17-19-21-23-25-27-29-31-33-51-73-61-43-35-55(36-44-61)67-63-47-39-57(69-63)53-59-41-49-65(71-59)68(66-50-42-60(72-66)54-58-40-48-64(67)70-58)56-37-45-62(46-38-56)74-52-34-32-30-28-26-24-22-20-18-16-14-12-10-8-6-4-2/h35-50,53-54,69,72H,3-34,51-52H2,1-2H3. The Kier molecular flexibility index (Phi) is 25.5. The quantitative estimate of drug-likeness (QED) is 0.0378. The molecule has 6 heteroatoms. The Morgan fingerprint density at radius 3 is 0.932 bits per heavy atom. The number of aromatic amines is 2. The molecule has 5 aromatic rings. The number of unbranched alkanes of at least 4 members (excludes halogenated alkanes) is 30. The van der Waals surface area contributed by atoms with Gasteiger partial charge in [0.2, 0.25) is 0 Å². The molecule has 0 fully saturated rings. The minimum atomic E-state index is 0.756. The van der Waals surface area contributed by atoms with Crippen LogP contribution in [0.4, 0.5) is 0 Å². The Morgan fingerprint density at radius 1 is 0.324 bits per heavy atom. The number of benzene rings is 2. The van der Waals surface area contributed by atoms with Gasteiger partial charge in [0.1, 0.15) is 11.5 Å². The smallest absolute Gasteiger partial charge is 0.119 e. The molecule has 398 valence electrons. The first-order chi connectivity index (χ1) is 36.7. The molecule has 7 rings (SSSR count). The van der Waals surface area contributed by atoms with Crippen molar-refractivity contribution >= 4 is 46.4 Å². The second kappa shape index (κ2) is 33.5. The van der Waals surface area contributed by atoms with Crippen LogP contribution in [0, 0.1) is 0 Å². The fourth-order valence-corrected chi connectivity index (χ4v) is 10.8. The van der Waals surface area contributed by atoms with Gasteiger partial charge in [-0.3, -0.25) is 0 Å². The van der Waals surface area contributed by atoms with E-state index in [-0.39, 0.29) is 0 Å². The van der Waals surface area contributed by atoms with Gasteiger partial charge in [0.15, 0.2) is 0 Å². The summed E-state index contributed by atoms with van der Waals surface area (Å²) in [4.78, 5) is 17.8. The summed E-state index contributed by atoms with van der Waals surface area (Å²) in [5, 5.41) is 0. The van der Waals surface area contributed by atoms with Crippen LogP contribution >= 0.6 is 0 Å². The van der Waals surface area contributed by atoms with E-state index in [1.807, 2.05) is 0 Å². The predicted molar refractivity (Wildman–Crippen MR) is 320 cm³/mol. The van der Waals surface area contributed by atoms with Gasteiger partial charge in [-0.25, -0.2) is 9.97 Å². The number of hydrogen-bond donors (Lipinski definition) is 2. The molecular weight excluding hydrogens is 905 g/mol. The minimum Gasteiger partial charge on any atom is -0.494 e. The van der Waals surface area contributed by atoms with E-state index >= 15 is 0 Å². The van der Waals surface area contributed by atoms with Gasteiger partial charge in [-0.2, -0.15) is 0 Å². The molecular formula is C68H94N4O2. The van der Waals surface area contributed by atoms with E-state index < -0.39 is 0 Å². The van der Waals surface area contributed by atoms with Crippen LogP contribution in [0.1, 0.15) is 242 Å². The highest BCUT2D eigenvalue weighted by Gasteiger charge is 2.14. The molecule has 2 aliphatic heterocycles. The maximum Gasteiger partial charge on any atom is 0.119 e. The number of H-pyrrole nitrogens is 2. The van der Waals surface area contributed by atoms with Gasteiger partial charge < -0.3 is 19.4 Å². The number of ether oxygens (including phenoxy) is 2. The molecule has 0 aliphatic carbocycles. The minimum absolute atomic E-state index is 0.756. The number of hydrogen-bond acceptors (Lipinski definition) is 4. The molecule has 0 saturated heterocycles. The van der Waals surface area contributed by atoms with E-state index in [1.54, 1.807) is 0 Å². The highest BCUT2D eigenvalue weighted by molar-refractivity contribution is 5.93. The number of aromatic nitrogens is 4. The van der Waals surface area contributed by atoms with Gasteiger partial charge in [0, 0.05) is 33.2 Å². The molecule has 6 nitrogen and oxygen atoms in total. The number of fused-ring (bicyclic) bond motifs is 8. The van der Waals surface area contributed by atoms with Crippen LogP contribution in [0.5, 0.6) is 11.5 Å². The van der Waals surface area contributed by atoms with E-state index in [0.717, 1.165) is 105 Å². The Balaban J connectivity index is 0.887. The third kappa shape index (κ3) is 19.7. The Hall–Kier alpha value is -5.36. The third-order valence-electron chi connectivity index (χ3n) is 15.2. The van der Waals surface area contributed by atoms with Crippen molar-refractivity contribution in [3.8, 4) is 33.8 Å². The molecule has 2 aliphatic rings. The zero-order valence-corrected chi connectivity index (χ0v) is 46.1. The third-order valence-corrected chi connectivity index (χ3v) is 15.2. The van der Waals surface area contributed by atoms with Crippen molar-refractivity contribution in [1.29, 1.82) is 0 Å². The SMILES string of the molecule is CCCCCCCCCCCCCCCCCCOc1ccc(-c2c3nc(cc4ccc([nH]4)c(-c4ccc(OCCCCCCCCCCCCCCCCCC)cc4)c4nc(cc5ccc2[nH]5)C=C4)C=C3)cc1. The summed E-state index contributed by atoms with van der Waals surface area (Å²) in [7, 11) is 0. The van der Waals surface area contributed by atoms with Crippen LogP contribution in [-0.2, 0) is 0 Å². The summed E-state index contributed by atoms with van der Waals surface area (Å²) in [5.74, 6) is 1.82. The van der Waals surface area contributed by atoms with Crippen LogP contribution < -0.4 is 9.47 Å². The number of nitrogens with one attached hydrogen (secondary N) is 2. The summed E-state index contributed by atoms with van der Waals surface area (Å²) in [6, 6.07) is 29.9. The van der Waals surface area contributed by atoms with Crippen molar-refractivity contribution < 1.29 is 9.47 Å². The van der Waals surface area contributed by atoms with E-state index in [4.69, 9.17) is 19.4 Å². The van der Waals surface area contributed by atoms with Crippen LogP contribution in [0.25, 0.3) is 68.6 Å². The van der Waals surface area contributed by atoms with E-state index in [2.05, 4.69) is 133 Å². The van der Waals surface area contributed by atoms with Gasteiger partial charge in [-0.05, 0) is 109 Å². The van der Waals surface area contributed by atoms with Crippen LogP contribution in [0.15, 0.2) is 84.9 Å². The normalized spacial score (nSPS) is 12.0. The molecule has 2 N–H and O–H groups in total. The second-order valence-corrected chi connectivity index (χ2v) is 21.6. The number of rotatable bonds is 38. The van der Waals surface area contributed by atoms with Gasteiger partial charge in [-0.15, -0.1) is 0 Å². The van der Waals surface area contributed by atoms with E-state index in [0.29, 0.717) is 0 Å². The molecule has 3 aromatic heterocycles. The summed E-state index contributed by atoms with van der Waals surface area (Å²) in [5.41, 5.74) is 11.9. The van der Waals surface area contributed by atoms with E-state index in [9.17, 15) is 0 Å². The maximum absolute atomic E-state index is 6.24. The highest BCUT2D eigenvalue weighted by atomic mass is 16.5. The van der Waals surface area contributed by atoms with Gasteiger partial charge in [-0.1, -0.05) is 231 Å². The fourth-order valence-electron chi connectivity index (χ4n) is 10.8. The molecule has 0 radical (unpaired) electrons. The largest absolute Gasteiger partial charge is 0.494 e. The van der Waals surface area contributed by atoms with Gasteiger partial charge in [0.25, 0.3) is 0 Å². The lowest BCUT2D eigenvalue weighted by Gasteiger charge is -2.09. The topological polar surface area (TPSA) is 75.8 Å². The molecule has 8 bridgehead atoms. The predicted octanol–water partition coefficient (Wildman–Crippen LogP) is 21.3. The molecule has 0 amide bonds. The second-order valence-electron chi connectivity index (χ2n) is 21.6. The molecule has 5 heterocycles. The molecule has 0 spiro atoms. The summed E-state index contributed by atoms with van der Waals surface area (Å²) < 4.78 is 12.5. The Bertz CT molecular complexity index is 2380. The molecule has 74 heavy (non-hydrogen) atoms. The van der Waals surface area contributed by atoms with Gasteiger partial charge in [0.05, 0.1) is 36.0 Å². The van der Waals surface area contributed by atoms with Crippen molar-refractivity contribution in [3.63, 3.8) is 0 Å². The van der Waals surface area contributed by atoms with Crippen molar-refractivity contribution in [1.82, 2.24) is 19.9 Å². The van der Waals surface area contributed by atoms with Crippen molar-refractivity contribution in [2.45, 2.75) is 219 Å². The summed E-state index contributed by atoms with van der Waals surface area (Å²) >= 11 is 0. The maximum atomic E-state index is 6.24. The zero-order chi connectivity index (χ0) is 51.1. The lowest BCUT2D eigenvalue weighted by atomic mass is 10.0. The average molecular weight is 1000 g/mol. The van der Waals surface area contributed by atoms with Crippen molar-refractivity contribution in [2.75, 3.05) is 13.2 Å². The lowest BCUT2D eigenvalue weighted by molar-refractivity contribution is 0.304. The average Bonchev–Trinajstić information content (AvgIpc) is 4.27. The summed E-state index contributed by atoms with van der Waals surface area (Å²) in [6.07, 6.45) is 52.4. The lowest BCUT2D eigenvalue weighted by Crippen LogP contribution is -1.97. The van der Waals surface area contributed by atoms with Crippen LogP contribution in [0.3, 0.4) is 0 Å². The Morgan fingerprint density at radius 2 is 0.622 bits per heavy atom. The monoisotopic (exact) mass is 999 g/mol. The molecule has 0 atom stereocenters. The van der Waals surface area contributed by atoms with Crippen LogP contribution in [0.2, 0.25) is 0 Å². The fraction of sp³-hybridized carbons (Fsp3) is 0.529. The Labute approximate surface area is 447 Å². The van der Waals surface area contributed by atoms with Crippen molar-refractivity contribution in [3.05, 3.63) is 108 Å². The van der Waals surface area contributed by atoms with Gasteiger partial charge >= 0.3 is 0 Å². The molecule has 0 saturated carbocycles. The first kappa shape index (κ1) is 56.4. The van der Waals surface area contributed by atoms with Crippen LogP contribution in [-0.4, -0.2) is 33.1 Å². The van der Waals surface area contributed by atoms with Crippen molar-refractivity contribution in [2.24, 2.45) is 0 Å². The molecule has 0 unspecified atom stereocenters. The highest BCUT2D eigenvalue weighted by Crippen LogP contribution is 2.34. The van der Waals surface area contributed by atoms with E-state index in [1.165, 1.54) is 193 Å². The first-order valence-electron chi connectivity index (χ1n) is 30.2.